The van der Waals surface area contributed by atoms with Crippen LogP contribution in [-0.4, -0.2) is 44.3 Å². The normalized spacial score (nSPS) is 12.6. The van der Waals surface area contributed by atoms with Gasteiger partial charge in [0.05, 0.1) is 22.8 Å². The lowest BCUT2D eigenvalue weighted by atomic mass is 10.1. The fraction of sp³-hybridized carbons (Fsp3) is 0.400. The van der Waals surface area contributed by atoms with Crippen LogP contribution in [0.3, 0.4) is 0 Å². The number of furan rings is 1. The Kier molecular flexibility index (Phi) is 7.58. The van der Waals surface area contributed by atoms with Crippen LogP contribution in [0, 0.1) is 6.92 Å². The van der Waals surface area contributed by atoms with Gasteiger partial charge in [-0.15, -0.1) is 0 Å². The van der Waals surface area contributed by atoms with Crippen LogP contribution < -0.4 is 5.32 Å². The number of ether oxygens (including phenoxy) is 1. The number of hydrogen-bond donors (Lipinski definition) is 1. The average Bonchev–Trinajstić information content (AvgIpc) is 3.22. The summed E-state index contributed by atoms with van der Waals surface area (Å²) < 4.78 is 37.0. The van der Waals surface area contributed by atoms with Crippen molar-refractivity contribution in [2.24, 2.45) is 0 Å². The highest BCUT2D eigenvalue weighted by Crippen LogP contribution is 2.20. The van der Waals surface area contributed by atoms with Crippen LogP contribution in [0.2, 0.25) is 0 Å². The molecule has 2 aromatic rings. The maximum Gasteiger partial charge on any atom is 0.338 e. The molecule has 0 saturated heterocycles. The standard InChI is InChI=1S/C20H26N2O6S/c1-5-22(6-2)29(25,26)16-10-9-14(3)17(12-16)20(24)28-13-19(23)21-15(4)18-8-7-11-27-18/h7-12,15H,5-6,13H2,1-4H3,(H,21,23)/t15-/m0/s1. The van der Waals surface area contributed by atoms with E-state index < -0.39 is 28.5 Å². The third kappa shape index (κ3) is 5.45. The number of hydrogen-bond acceptors (Lipinski definition) is 6. The number of carbonyl (C=O) groups is 2. The van der Waals surface area contributed by atoms with Crippen LogP contribution in [0.15, 0.2) is 45.9 Å². The Morgan fingerprint density at radius 2 is 1.90 bits per heavy atom. The number of esters is 1. The number of benzene rings is 1. The predicted molar refractivity (Wildman–Crippen MR) is 107 cm³/mol. The highest BCUT2D eigenvalue weighted by Gasteiger charge is 2.24. The fourth-order valence-corrected chi connectivity index (χ4v) is 4.28. The number of sulfonamides is 1. The first-order valence-electron chi connectivity index (χ1n) is 9.31. The minimum absolute atomic E-state index is 0.00893. The molecule has 0 radical (unpaired) electrons. The Morgan fingerprint density at radius 1 is 1.21 bits per heavy atom. The van der Waals surface area contributed by atoms with Gasteiger partial charge in [-0.05, 0) is 43.7 Å². The largest absolute Gasteiger partial charge is 0.467 e. The van der Waals surface area contributed by atoms with Crippen LogP contribution in [0.25, 0.3) is 0 Å². The van der Waals surface area contributed by atoms with Gasteiger partial charge in [0.25, 0.3) is 5.91 Å². The highest BCUT2D eigenvalue weighted by atomic mass is 32.2. The Balaban J connectivity index is 2.08. The minimum Gasteiger partial charge on any atom is -0.467 e. The SMILES string of the molecule is CCN(CC)S(=O)(=O)c1ccc(C)c(C(=O)OCC(=O)N[C@@H](C)c2ccco2)c1. The van der Waals surface area contributed by atoms with Gasteiger partial charge >= 0.3 is 5.97 Å². The summed E-state index contributed by atoms with van der Waals surface area (Å²) in [5, 5.41) is 2.66. The molecule has 0 unspecified atom stereocenters. The molecule has 1 heterocycles. The second kappa shape index (κ2) is 9.71. The zero-order valence-corrected chi connectivity index (χ0v) is 17.8. The van der Waals surface area contributed by atoms with Crippen molar-refractivity contribution < 1.29 is 27.2 Å². The molecule has 158 valence electrons. The Bertz CT molecular complexity index is 949. The molecule has 0 aliphatic carbocycles. The molecule has 1 aromatic heterocycles. The van der Waals surface area contributed by atoms with E-state index in [1.54, 1.807) is 45.9 Å². The van der Waals surface area contributed by atoms with Gasteiger partial charge in [0.2, 0.25) is 10.0 Å². The topological polar surface area (TPSA) is 106 Å². The van der Waals surface area contributed by atoms with Crippen molar-refractivity contribution in [3.8, 4) is 0 Å². The molecule has 1 N–H and O–H groups in total. The smallest absolute Gasteiger partial charge is 0.338 e. The van der Waals surface area contributed by atoms with Crippen LogP contribution in [0.4, 0.5) is 0 Å². The third-order valence-corrected chi connectivity index (χ3v) is 6.50. The Morgan fingerprint density at radius 3 is 2.48 bits per heavy atom. The van der Waals surface area contributed by atoms with Gasteiger partial charge in [-0.3, -0.25) is 4.79 Å². The quantitative estimate of drug-likeness (QED) is 0.623. The van der Waals surface area contributed by atoms with Gasteiger partial charge in [0.1, 0.15) is 5.76 Å². The molecule has 1 amide bonds. The summed E-state index contributed by atoms with van der Waals surface area (Å²) in [7, 11) is -3.71. The number of carbonyl (C=O) groups excluding carboxylic acids is 2. The summed E-state index contributed by atoms with van der Waals surface area (Å²) in [5.74, 6) is -0.679. The van der Waals surface area contributed by atoms with E-state index in [9.17, 15) is 18.0 Å². The lowest BCUT2D eigenvalue weighted by Crippen LogP contribution is -2.31. The maximum absolute atomic E-state index is 12.7. The minimum atomic E-state index is -3.71. The number of aryl methyl sites for hydroxylation is 1. The number of nitrogens with zero attached hydrogens (tertiary/aromatic N) is 1. The lowest BCUT2D eigenvalue weighted by molar-refractivity contribution is -0.125. The summed E-state index contributed by atoms with van der Waals surface area (Å²) in [4.78, 5) is 24.5. The van der Waals surface area contributed by atoms with E-state index in [-0.39, 0.29) is 16.5 Å². The summed E-state index contributed by atoms with van der Waals surface area (Å²) in [5.41, 5.74) is 0.656. The molecule has 8 nitrogen and oxygen atoms in total. The summed E-state index contributed by atoms with van der Waals surface area (Å²) in [6.07, 6.45) is 1.50. The molecule has 0 spiro atoms. The average molecular weight is 423 g/mol. The van der Waals surface area contributed by atoms with Gasteiger partial charge in [-0.1, -0.05) is 19.9 Å². The predicted octanol–water partition coefficient (Wildman–Crippen LogP) is 2.65. The molecular weight excluding hydrogens is 396 g/mol. The Hall–Kier alpha value is -2.65. The Labute approximate surface area is 170 Å². The number of rotatable bonds is 9. The van der Waals surface area contributed by atoms with Crippen LogP contribution >= 0.6 is 0 Å². The first-order valence-corrected chi connectivity index (χ1v) is 10.7. The van der Waals surface area contributed by atoms with Crippen LogP contribution in [0.5, 0.6) is 0 Å². The van der Waals surface area contributed by atoms with Crippen molar-refractivity contribution in [2.75, 3.05) is 19.7 Å². The molecule has 0 aliphatic rings. The molecule has 29 heavy (non-hydrogen) atoms. The molecule has 9 heteroatoms. The first kappa shape index (κ1) is 22.6. The number of amides is 1. The summed E-state index contributed by atoms with van der Waals surface area (Å²) in [6, 6.07) is 7.35. The van der Waals surface area contributed by atoms with Crippen molar-refractivity contribution in [1.29, 1.82) is 0 Å². The van der Waals surface area contributed by atoms with E-state index in [1.165, 1.54) is 22.7 Å². The molecule has 0 saturated carbocycles. The van der Waals surface area contributed by atoms with Gasteiger partial charge in [-0.2, -0.15) is 4.31 Å². The van der Waals surface area contributed by atoms with Gasteiger partial charge in [0, 0.05) is 13.1 Å². The molecule has 1 atom stereocenters. The van der Waals surface area contributed by atoms with Gasteiger partial charge in [0.15, 0.2) is 6.61 Å². The maximum atomic E-state index is 12.7. The van der Waals surface area contributed by atoms with E-state index in [0.717, 1.165) is 0 Å². The molecule has 0 aliphatic heterocycles. The second-order valence-electron chi connectivity index (χ2n) is 6.45. The first-order chi connectivity index (χ1) is 13.7. The lowest BCUT2D eigenvalue weighted by Gasteiger charge is -2.19. The van der Waals surface area contributed by atoms with Crippen molar-refractivity contribution >= 4 is 21.9 Å². The van der Waals surface area contributed by atoms with Crippen molar-refractivity contribution in [1.82, 2.24) is 9.62 Å². The molecule has 2 rings (SSSR count). The van der Waals surface area contributed by atoms with E-state index in [2.05, 4.69) is 5.32 Å². The zero-order chi connectivity index (χ0) is 21.6. The molecule has 0 fully saturated rings. The second-order valence-corrected chi connectivity index (χ2v) is 8.38. The van der Waals surface area contributed by atoms with Crippen molar-refractivity contribution in [2.45, 2.75) is 38.6 Å². The highest BCUT2D eigenvalue weighted by molar-refractivity contribution is 7.89. The van der Waals surface area contributed by atoms with Crippen molar-refractivity contribution in [3.05, 3.63) is 53.5 Å². The summed E-state index contributed by atoms with van der Waals surface area (Å²) >= 11 is 0. The molecule has 1 aromatic carbocycles. The van der Waals surface area contributed by atoms with E-state index >= 15 is 0 Å². The fourth-order valence-electron chi connectivity index (χ4n) is 2.79. The monoisotopic (exact) mass is 422 g/mol. The van der Waals surface area contributed by atoms with E-state index in [0.29, 0.717) is 24.4 Å². The molecule has 0 bridgehead atoms. The van der Waals surface area contributed by atoms with Gasteiger partial charge in [-0.25, -0.2) is 13.2 Å². The summed E-state index contributed by atoms with van der Waals surface area (Å²) in [6.45, 7) is 7.05. The van der Waals surface area contributed by atoms with Gasteiger partial charge < -0.3 is 14.5 Å². The van der Waals surface area contributed by atoms with Crippen LogP contribution in [0.1, 0.15) is 48.5 Å². The van der Waals surface area contributed by atoms with Crippen LogP contribution in [-0.2, 0) is 19.6 Å². The van der Waals surface area contributed by atoms with E-state index in [1.807, 2.05) is 0 Å². The zero-order valence-electron chi connectivity index (χ0n) is 17.0. The molecular formula is C20H26N2O6S. The van der Waals surface area contributed by atoms with Crippen molar-refractivity contribution in [3.63, 3.8) is 0 Å². The third-order valence-electron chi connectivity index (χ3n) is 4.45. The van der Waals surface area contributed by atoms with E-state index in [4.69, 9.17) is 9.15 Å². The number of nitrogens with one attached hydrogen (secondary N) is 1.